The number of nitrogens with one attached hydrogen (secondary N) is 1. The van der Waals surface area contributed by atoms with Crippen LogP contribution in [0.5, 0.6) is 17.2 Å². The SMILES string of the molecule is COc1cccc(Oc2ccc3c(c2)C(OC(=O)c2ccccc2)=CS(=O)(=O)N3)c1. The van der Waals surface area contributed by atoms with Crippen LogP contribution < -0.4 is 14.2 Å². The van der Waals surface area contributed by atoms with Crippen LogP contribution in [0.2, 0.25) is 0 Å². The highest BCUT2D eigenvalue weighted by Crippen LogP contribution is 2.36. The maximum Gasteiger partial charge on any atom is 0.343 e. The summed E-state index contributed by atoms with van der Waals surface area (Å²) in [5.74, 6) is 0.857. The number of methoxy groups -OCH3 is 1. The van der Waals surface area contributed by atoms with Crippen molar-refractivity contribution in [2.24, 2.45) is 0 Å². The second-order valence-corrected chi connectivity index (χ2v) is 7.90. The summed E-state index contributed by atoms with van der Waals surface area (Å²) in [7, 11) is -2.24. The van der Waals surface area contributed by atoms with E-state index >= 15 is 0 Å². The summed E-state index contributed by atoms with van der Waals surface area (Å²) < 4.78 is 43.2. The van der Waals surface area contributed by atoms with Crippen molar-refractivity contribution in [1.82, 2.24) is 0 Å². The van der Waals surface area contributed by atoms with E-state index in [1.165, 1.54) is 0 Å². The van der Waals surface area contributed by atoms with Gasteiger partial charge in [0, 0.05) is 11.6 Å². The van der Waals surface area contributed by atoms with Crippen molar-refractivity contribution in [2.75, 3.05) is 11.8 Å². The van der Waals surface area contributed by atoms with Crippen LogP contribution in [0.3, 0.4) is 0 Å². The normalized spacial score (nSPS) is 14.0. The van der Waals surface area contributed by atoms with Gasteiger partial charge in [0.05, 0.1) is 23.8 Å². The minimum Gasteiger partial charge on any atom is -0.497 e. The molecule has 0 fully saturated rings. The molecule has 4 rings (SSSR count). The van der Waals surface area contributed by atoms with Gasteiger partial charge in [0.1, 0.15) is 17.2 Å². The van der Waals surface area contributed by atoms with E-state index in [4.69, 9.17) is 14.2 Å². The Balaban J connectivity index is 1.66. The summed E-state index contributed by atoms with van der Waals surface area (Å²) in [5.41, 5.74) is 0.973. The fraction of sp³-hybridized carbons (Fsp3) is 0.0455. The molecule has 152 valence electrons. The van der Waals surface area contributed by atoms with Gasteiger partial charge in [-0.15, -0.1) is 0 Å². The smallest absolute Gasteiger partial charge is 0.343 e. The minimum absolute atomic E-state index is 0.0892. The van der Waals surface area contributed by atoms with Crippen LogP contribution in [-0.4, -0.2) is 21.5 Å². The van der Waals surface area contributed by atoms with Crippen LogP contribution in [0.15, 0.2) is 78.2 Å². The van der Waals surface area contributed by atoms with E-state index in [1.807, 2.05) is 0 Å². The quantitative estimate of drug-likeness (QED) is 0.612. The Bertz CT molecular complexity index is 1240. The third-order valence-electron chi connectivity index (χ3n) is 4.26. The number of carbonyl (C=O) groups is 1. The third kappa shape index (κ3) is 4.28. The van der Waals surface area contributed by atoms with Crippen LogP contribution in [0, 0.1) is 0 Å². The Morgan fingerprint density at radius 2 is 1.60 bits per heavy atom. The number of fused-ring (bicyclic) bond motifs is 1. The fourth-order valence-electron chi connectivity index (χ4n) is 2.88. The standard InChI is InChI=1S/C22H17NO6S/c1-27-16-8-5-9-17(12-16)28-18-10-11-20-19(13-18)21(14-30(25,26)23-20)29-22(24)15-6-3-2-4-7-15/h2-14,23H,1H3. The molecule has 0 atom stereocenters. The summed E-state index contributed by atoms with van der Waals surface area (Å²) >= 11 is 0. The Kier molecular flexibility index (Phi) is 5.16. The summed E-state index contributed by atoms with van der Waals surface area (Å²) in [5, 5.41) is 0.880. The van der Waals surface area contributed by atoms with Crippen molar-refractivity contribution in [2.45, 2.75) is 0 Å². The molecule has 3 aromatic carbocycles. The number of hydrogen-bond donors (Lipinski definition) is 1. The zero-order chi connectivity index (χ0) is 21.1. The maximum atomic E-state index is 12.5. The molecular formula is C22H17NO6S. The molecule has 0 aliphatic carbocycles. The first-order chi connectivity index (χ1) is 14.4. The number of anilines is 1. The lowest BCUT2D eigenvalue weighted by Crippen LogP contribution is -2.18. The predicted molar refractivity (Wildman–Crippen MR) is 112 cm³/mol. The molecule has 1 aliphatic heterocycles. The second-order valence-electron chi connectivity index (χ2n) is 6.37. The molecule has 30 heavy (non-hydrogen) atoms. The molecule has 3 aromatic rings. The van der Waals surface area contributed by atoms with E-state index in [2.05, 4.69) is 4.72 Å². The van der Waals surface area contributed by atoms with Gasteiger partial charge >= 0.3 is 5.97 Å². The highest BCUT2D eigenvalue weighted by atomic mass is 32.2. The average Bonchev–Trinajstić information content (AvgIpc) is 2.74. The van der Waals surface area contributed by atoms with E-state index in [1.54, 1.807) is 79.9 Å². The molecule has 1 heterocycles. The van der Waals surface area contributed by atoms with Gasteiger partial charge in [0.25, 0.3) is 10.0 Å². The summed E-state index contributed by atoms with van der Waals surface area (Å²) in [6.45, 7) is 0. The van der Waals surface area contributed by atoms with Crippen molar-refractivity contribution in [1.29, 1.82) is 0 Å². The third-order valence-corrected chi connectivity index (χ3v) is 5.29. The van der Waals surface area contributed by atoms with Crippen LogP contribution in [-0.2, 0) is 14.8 Å². The van der Waals surface area contributed by atoms with Crippen molar-refractivity contribution in [3.63, 3.8) is 0 Å². The summed E-state index contributed by atoms with van der Waals surface area (Å²) in [6, 6.07) is 20.1. The highest BCUT2D eigenvalue weighted by Gasteiger charge is 2.25. The predicted octanol–water partition coefficient (Wildman–Crippen LogP) is 4.40. The lowest BCUT2D eigenvalue weighted by Gasteiger charge is -2.20. The Labute approximate surface area is 173 Å². The van der Waals surface area contributed by atoms with Gasteiger partial charge in [0.15, 0.2) is 5.76 Å². The zero-order valence-corrected chi connectivity index (χ0v) is 16.7. The molecule has 0 unspecified atom stereocenters. The molecule has 7 nitrogen and oxygen atoms in total. The van der Waals surface area contributed by atoms with Crippen molar-refractivity contribution in [3.05, 3.63) is 89.3 Å². The van der Waals surface area contributed by atoms with Crippen LogP contribution in [0.4, 0.5) is 5.69 Å². The van der Waals surface area contributed by atoms with Crippen LogP contribution in [0.25, 0.3) is 5.76 Å². The lowest BCUT2D eigenvalue weighted by atomic mass is 10.1. The van der Waals surface area contributed by atoms with Gasteiger partial charge in [-0.1, -0.05) is 24.3 Å². The molecule has 0 radical (unpaired) electrons. The number of carbonyl (C=O) groups excluding carboxylic acids is 1. The van der Waals surface area contributed by atoms with E-state index < -0.39 is 16.0 Å². The molecule has 1 aliphatic rings. The van der Waals surface area contributed by atoms with Crippen LogP contribution >= 0.6 is 0 Å². The van der Waals surface area contributed by atoms with E-state index in [9.17, 15) is 13.2 Å². The number of esters is 1. The van der Waals surface area contributed by atoms with Crippen molar-refractivity contribution >= 4 is 27.4 Å². The zero-order valence-electron chi connectivity index (χ0n) is 15.9. The molecule has 1 N–H and O–H groups in total. The van der Waals surface area contributed by atoms with Crippen molar-refractivity contribution in [3.8, 4) is 17.2 Å². The van der Waals surface area contributed by atoms with E-state index in [0.29, 0.717) is 28.4 Å². The molecular weight excluding hydrogens is 406 g/mol. The topological polar surface area (TPSA) is 90.9 Å². The minimum atomic E-state index is -3.80. The summed E-state index contributed by atoms with van der Waals surface area (Å²) in [6.07, 6.45) is 0. The number of rotatable bonds is 5. The maximum absolute atomic E-state index is 12.5. The Morgan fingerprint density at radius 1 is 0.867 bits per heavy atom. The molecule has 0 spiro atoms. The van der Waals surface area contributed by atoms with Gasteiger partial charge in [-0.2, -0.15) is 0 Å². The number of sulfonamides is 1. The number of benzene rings is 3. The van der Waals surface area contributed by atoms with Gasteiger partial charge < -0.3 is 14.2 Å². The second kappa shape index (κ2) is 7.92. The van der Waals surface area contributed by atoms with Gasteiger partial charge in [-0.25, -0.2) is 13.2 Å². The summed E-state index contributed by atoms with van der Waals surface area (Å²) in [4.78, 5) is 12.5. The molecule has 8 heteroatoms. The van der Waals surface area contributed by atoms with Crippen molar-refractivity contribution < 1.29 is 27.4 Å². The van der Waals surface area contributed by atoms with Gasteiger partial charge in [-0.3, -0.25) is 4.72 Å². The largest absolute Gasteiger partial charge is 0.497 e. The highest BCUT2D eigenvalue weighted by molar-refractivity contribution is 7.95. The molecule has 0 saturated heterocycles. The first-order valence-corrected chi connectivity index (χ1v) is 10.5. The number of hydrogen-bond acceptors (Lipinski definition) is 6. The molecule has 0 bridgehead atoms. The van der Waals surface area contributed by atoms with Crippen LogP contribution in [0.1, 0.15) is 15.9 Å². The average molecular weight is 423 g/mol. The first kappa shape index (κ1) is 19.5. The molecule has 0 aromatic heterocycles. The van der Waals surface area contributed by atoms with Gasteiger partial charge in [-0.05, 0) is 42.5 Å². The number of ether oxygens (including phenoxy) is 3. The van der Waals surface area contributed by atoms with E-state index in [0.717, 1.165) is 5.41 Å². The van der Waals surface area contributed by atoms with Gasteiger partial charge in [0.2, 0.25) is 0 Å². The fourth-order valence-corrected chi connectivity index (χ4v) is 3.88. The Hall–Kier alpha value is -3.78. The first-order valence-electron chi connectivity index (χ1n) is 8.91. The molecule has 0 saturated carbocycles. The molecule has 0 amide bonds. The monoisotopic (exact) mass is 423 g/mol. The lowest BCUT2D eigenvalue weighted by molar-refractivity contribution is 0.0692. The van der Waals surface area contributed by atoms with E-state index in [-0.39, 0.29) is 11.4 Å². The Morgan fingerprint density at radius 3 is 2.37 bits per heavy atom.